The summed E-state index contributed by atoms with van der Waals surface area (Å²) in [5.74, 6) is -3.30. The highest BCUT2D eigenvalue weighted by atomic mass is 19.3. The number of hydrogen-bond donors (Lipinski definition) is 3. The van der Waals surface area contributed by atoms with E-state index in [1.54, 1.807) is 23.5 Å². The highest BCUT2D eigenvalue weighted by Gasteiger charge is 2.37. The second-order valence-electron chi connectivity index (χ2n) is 10.2. The summed E-state index contributed by atoms with van der Waals surface area (Å²) < 4.78 is 41.3. The number of rotatable bonds is 5. The van der Waals surface area contributed by atoms with Gasteiger partial charge in [-0.15, -0.1) is 0 Å². The number of nitrogens with one attached hydrogen (secondary N) is 2. The Labute approximate surface area is 226 Å². The van der Waals surface area contributed by atoms with Crippen molar-refractivity contribution in [2.45, 2.75) is 18.9 Å². The number of pyridine rings is 2. The molecule has 7 nitrogen and oxygen atoms in total. The fourth-order valence-corrected chi connectivity index (χ4v) is 5.46. The Balaban J connectivity index is 1.25. The van der Waals surface area contributed by atoms with Crippen LogP contribution in [0.2, 0.25) is 0 Å². The third kappa shape index (κ3) is 4.46. The predicted molar refractivity (Wildman–Crippen MR) is 146 cm³/mol. The lowest BCUT2D eigenvalue weighted by atomic mass is 10.0. The summed E-state index contributed by atoms with van der Waals surface area (Å²) in [7, 11) is 0. The number of aromatic hydroxyl groups is 1. The number of H-pyrrole nitrogens is 2. The molecule has 40 heavy (non-hydrogen) atoms. The van der Waals surface area contributed by atoms with E-state index in [2.05, 4.69) is 25.1 Å². The first-order valence-electron chi connectivity index (χ1n) is 12.8. The number of fused-ring (bicyclic) bond motifs is 2. The van der Waals surface area contributed by atoms with Crippen molar-refractivity contribution in [1.82, 2.24) is 30.0 Å². The zero-order valence-electron chi connectivity index (χ0n) is 21.1. The Morgan fingerprint density at radius 2 is 1.85 bits per heavy atom. The maximum atomic E-state index is 14.0. The van der Waals surface area contributed by atoms with E-state index in [0.717, 1.165) is 50.3 Å². The Kier molecular flexibility index (Phi) is 5.60. The van der Waals surface area contributed by atoms with Gasteiger partial charge in [0.15, 0.2) is 0 Å². The summed E-state index contributed by atoms with van der Waals surface area (Å²) in [5.41, 5.74) is 6.68. The number of nitrogens with zero attached hydrogens (tertiary/aromatic N) is 4. The molecular weight excluding hydrogens is 517 g/mol. The SMILES string of the molecule is Oc1cc(F)cc(-c2cccc3[nH]c(-c4n[nH]c5cnc(-c6cncc(CN7CCC(F)(F)C7)c6)cc45)cc23)c1. The highest BCUT2D eigenvalue weighted by Crippen LogP contribution is 2.36. The van der Waals surface area contributed by atoms with Gasteiger partial charge in [-0.2, -0.15) is 5.10 Å². The molecule has 6 aromatic rings. The van der Waals surface area contributed by atoms with Crippen LogP contribution in [0.5, 0.6) is 5.75 Å². The third-order valence-electron chi connectivity index (χ3n) is 7.31. The molecule has 0 amide bonds. The van der Waals surface area contributed by atoms with E-state index in [1.807, 2.05) is 36.4 Å². The van der Waals surface area contributed by atoms with Crippen LogP contribution in [-0.4, -0.2) is 54.2 Å². The first-order chi connectivity index (χ1) is 19.3. The van der Waals surface area contributed by atoms with Gasteiger partial charge in [-0.05, 0) is 53.1 Å². The van der Waals surface area contributed by atoms with Crippen LogP contribution in [-0.2, 0) is 6.54 Å². The van der Waals surface area contributed by atoms with Crippen LogP contribution in [0.15, 0.2) is 73.2 Å². The molecule has 10 heteroatoms. The molecule has 5 heterocycles. The Morgan fingerprint density at radius 3 is 2.67 bits per heavy atom. The molecule has 2 aromatic carbocycles. The minimum Gasteiger partial charge on any atom is -0.508 e. The molecule has 1 saturated heterocycles. The van der Waals surface area contributed by atoms with Gasteiger partial charge in [-0.1, -0.05) is 12.1 Å². The van der Waals surface area contributed by atoms with Gasteiger partial charge in [0.1, 0.15) is 17.3 Å². The molecule has 1 fully saturated rings. The van der Waals surface area contributed by atoms with E-state index in [1.165, 1.54) is 12.1 Å². The molecule has 0 saturated carbocycles. The molecule has 0 radical (unpaired) electrons. The van der Waals surface area contributed by atoms with Gasteiger partial charge in [0.25, 0.3) is 5.92 Å². The number of alkyl halides is 2. The number of hydrogen-bond acceptors (Lipinski definition) is 5. The quantitative estimate of drug-likeness (QED) is 0.232. The average Bonchev–Trinajstić information content (AvgIpc) is 3.63. The minimum atomic E-state index is -2.64. The van der Waals surface area contributed by atoms with E-state index in [4.69, 9.17) is 0 Å². The maximum absolute atomic E-state index is 14.0. The van der Waals surface area contributed by atoms with Crippen molar-refractivity contribution in [3.05, 3.63) is 84.6 Å². The molecule has 1 aliphatic heterocycles. The van der Waals surface area contributed by atoms with E-state index in [9.17, 15) is 18.3 Å². The first kappa shape index (κ1) is 24.3. The van der Waals surface area contributed by atoms with Crippen LogP contribution < -0.4 is 0 Å². The van der Waals surface area contributed by atoms with Crippen molar-refractivity contribution in [1.29, 1.82) is 0 Å². The maximum Gasteiger partial charge on any atom is 0.261 e. The topological polar surface area (TPSA) is 93.7 Å². The molecule has 0 atom stereocenters. The Bertz CT molecular complexity index is 1880. The molecule has 7 rings (SSSR count). The molecule has 0 spiro atoms. The smallest absolute Gasteiger partial charge is 0.261 e. The molecule has 0 aliphatic carbocycles. The van der Waals surface area contributed by atoms with Gasteiger partial charge >= 0.3 is 0 Å². The van der Waals surface area contributed by atoms with Crippen LogP contribution in [0.1, 0.15) is 12.0 Å². The number of phenols is 1. The zero-order valence-corrected chi connectivity index (χ0v) is 21.1. The van der Waals surface area contributed by atoms with Crippen molar-refractivity contribution in [2.24, 2.45) is 0 Å². The zero-order chi connectivity index (χ0) is 27.4. The molecule has 3 N–H and O–H groups in total. The van der Waals surface area contributed by atoms with Crippen LogP contribution in [0.25, 0.3) is 55.6 Å². The Morgan fingerprint density at radius 1 is 0.950 bits per heavy atom. The summed E-state index contributed by atoms with van der Waals surface area (Å²) >= 11 is 0. The number of aromatic nitrogens is 5. The molecule has 200 valence electrons. The Hall–Kier alpha value is -4.70. The largest absolute Gasteiger partial charge is 0.508 e. The molecule has 0 bridgehead atoms. The summed E-state index contributed by atoms with van der Waals surface area (Å²) in [4.78, 5) is 14.1. The molecular formula is C30H23F3N6O. The van der Waals surface area contributed by atoms with Crippen LogP contribution in [0.3, 0.4) is 0 Å². The number of likely N-dealkylation sites (tertiary alicyclic amines) is 1. The summed E-state index contributed by atoms with van der Waals surface area (Å²) in [6.07, 6.45) is 4.99. The number of benzene rings is 2. The summed E-state index contributed by atoms with van der Waals surface area (Å²) in [6.45, 7) is 0.509. The molecule has 1 aliphatic rings. The first-order valence-corrected chi connectivity index (χ1v) is 12.8. The second-order valence-corrected chi connectivity index (χ2v) is 10.2. The van der Waals surface area contributed by atoms with Gasteiger partial charge in [-0.3, -0.25) is 20.0 Å². The minimum absolute atomic E-state index is 0.123. The van der Waals surface area contributed by atoms with E-state index in [-0.39, 0.29) is 18.7 Å². The van der Waals surface area contributed by atoms with Crippen molar-refractivity contribution >= 4 is 21.8 Å². The van der Waals surface area contributed by atoms with Crippen molar-refractivity contribution in [3.63, 3.8) is 0 Å². The third-order valence-corrected chi connectivity index (χ3v) is 7.31. The lowest BCUT2D eigenvalue weighted by Gasteiger charge is -2.15. The van der Waals surface area contributed by atoms with Gasteiger partial charge in [0.05, 0.1) is 29.6 Å². The molecule has 4 aromatic heterocycles. The van der Waals surface area contributed by atoms with Crippen LogP contribution in [0.4, 0.5) is 13.2 Å². The van der Waals surface area contributed by atoms with Crippen molar-refractivity contribution in [2.75, 3.05) is 13.1 Å². The van der Waals surface area contributed by atoms with Gasteiger partial charge in [-0.25, -0.2) is 13.2 Å². The highest BCUT2D eigenvalue weighted by molar-refractivity contribution is 6.01. The van der Waals surface area contributed by atoms with Gasteiger partial charge < -0.3 is 10.1 Å². The summed E-state index contributed by atoms with van der Waals surface area (Å²) in [6, 6.07) is 15.5. The average molecular weight is 541 g/mol. The number of aromatic amines is 2. The number of phenolic OH excluding ortho intramolecular Hbond substituents is 1. The number of halogens is 3. The standard InChI is InChI=1S/C30H23F3N6O/c31-20-7-18(8-21(40)9-20)22-2-1-3-25-23(22)10-27(36-25)29-24-11-26(35-14-28(24)37-38-29)19-6-17(12-34-13-19)15-39-5-4-30(32,33)16-39/h1-3,6-14,36,40H,4-5,15-16H2,(H,37,38). The fourth-order valence-electron chi connectivity index (χ4n) is 5.46. The lowest BCUT2D eigenvalue weighted by molar-refractivity contribution is 0.0115. The van der Waals surface area contributed by atoms with Gasteiger partial charge in [0, 0.05) is 59.8 Å². The van der Waals surface area contributed by atoms with Crippen molar-refractivity contribution in [3.8, 4) is 39.5 Å². The normalized spacial score (nSPS) is 15.4. The van der Waals surface area contributed by atoms with Crippen LogP contribution in [0, 0.1) is 5.82 Å². The van der Waals surface area contributed by atoms with Gasteiger partial charge in [0.2, 0.25) is 0 Å². The monoisotopic (exact) mass is 540 g/mol. The second kappa shape index (κ2) is 9.20. The summed E-state index contributed by atoms with van der Waals surface area (Å²) in [5, 5.41) is 19.2. The van der Waals surface area contributed by atoms with Crippen LogP contribution >= 0.6 is 0 Å². The van der Waals surface area contributed by atoms with E-state index in [0.29, 0.717) is 30.0 Å². The fraction of sp³-hybridized carbons (Fsp3) is 0.167. The predicted octanol–water partition coefficient (Wildman–Crippen LogP) is 6.52. The lowest BCUT2D eigenvalue weighted by Crippen LogP contribution is -2.24. The van der Waals surface area contributed by atoms with E-state index >= 15 is 0 Å². The van der Waals surface area contributed by atoms with E-state index < -0.39 is 11.7 Å². The molecule has 0 unspecified atom stereocenters. The van der Waals surface area contributed by atoms with Crippen molar-refractivity contribution < 1.29 is 18.3 Å².